The summed E-state index contributed by atoms with van der Waals surface area (Å²) < 4.78 is 11.5. The maximum Gasteiger partial charge on any atom is 0.258 e. The number of hydrogen-bond acceptors (Lipinski definition) is 5. The summed E-state index contributed by atoms with van der Waals surface area (Å²) in [6.45, 7) is 3.88. The topological polar surface area (TPSA) is 104 Å². The lowest BCUT2D eigenvalue weighted by Gasteiger charge is -2.26. The zero-order valence-corrected chi connectivity index (χ0v) is 16.8. The van der Waals surface area contributed by atoms with Gasteiger partial charge in [0.2, 0.25) is 0 Å². The van der Waals surface area contributed by atoms with Crippen LogP contribution in [0.15, 0.2) is 70.7 Å². The highest BCUT2D eigenvalue weighted by molar-refractivity contribution is 7.91. The summed E-state index contributed by atoms with van der Waals surface area (Å²) in [5.74, 6) is 0. The SMILES string of the molecule is C[S+]([O-])C(C)(C)c1ccc(N/C=C(\N=N)c2cc3ccccc3[nH]c2=O)cc1. The van der Waals surface area contributed by atoms with E-state index in [1.165, 1.54) is 6.20 Å². The number of hydrogen-bond donors (Lipinski definition) is 3. The first-order valence-corrected chi connectivity index (χ1v) is 10.3. The summed E-state index contributed by atoms with van der Waals surface area (Å²) in [5.41, 5.74) is 10.2. The van der Waals surface area contributed by atoms with Crippen LogP contribution in [0.1, 0.15) is 25.0 Å². The van der Waals surface area contributed by atoms with Gasteiger partial charge in [-0.05, 0) is 54.7 Å². The average Bonchev–Trinajstić information content (AvgIpc) is 2.69. The Bertz CT molecular complexity index is 1090. The van der Waals surface area contributed by atoms with Gasteiger partial charge in [0, 0.05) is 23.0 Å². The van der Waals surface area contributed by atoms with Crippen molar-refractivity contribution < 1.29 is 4.55 Å². The zero-order valence-electron chi connectivity index (χ0n) is 15.9. The predicted octanol–water partition coefficient (Wildman–Crippen LogP) is 4.58. The van der Waals surface area contributed by atoms with Crippen molar-refractivity contribution in [3.8, 4) is 0 Å². The number of fused-ring (bicyclic) bond motifs is 1. The van der Waals surface area contributed by atoms with Gasteiger partial charge in [-0.15, -0.1) is 0 Å². The van der Waals surface area contributed by atoms with Crippen molar-refractivity contribution in [3.05, 3.63) is 82.3 Å². The van der Waals surface area contributed by atoms with Gasteiger partial charge in [-0.3, -0.25) is 4.79 Å². The molecule has 3 aromatic rings. The van der Waals surface area contributed by atoms with Crippen LogP contribution in [0.2, 0.25) is 0 Å². The fraction of sp³-hybridized carbons (Fsp3) is 0.190. The highest BCUT2D eigenvalue weighted by atomic mass is 32.2. The van der Waals surface area contributed by atoms with Gasteiger partial charge in [0.25, 0.3) is 5.56 Å². The molecule has 0 aliphatic carbocycles. The summed E-state index contributed by atoms with van der Waals surface area (Å²) in [6, 6.07) is 16.7. The number of rotatable bonds is 6. The van der Waals surface area contributed by atoms with Gasteiger partial charge in [-0.1, -0.05) is 30.3 Å². The number of para-hydroxylation sites is 1. The van der Waals surface area contributed by atoms with Crippen LogP contribution in [-0.2, 0) is 15.9 Å². The van der Waals surface area contributed by atoms with Gasteiger partial charge >= 0.3 is 0 Å². The molecular weight excluding hydrogens is 372 g/mol. The molecule has 1 unspecified atom stereocenters. The molecule has 144 valence electrons. The minimum Gasteiger partial charge on any atom is -0.616 e. The van der Waals surface area contributed by atoms with E-state index in [9.17, 15) is 9.35 Å². The minimum absolute atomic E-state index is 0.228. The third-order valence-corrected chi connectivity index (χ3v) is 6.50. The van der Waals surface area contributed by atoms with E-state index in [-0.39, 0.29) is 11.3 Å². The van der Waals surface area contributed by atoms with Gasteiger partial charge in [0.1, 0.15) is 10.4 Å². The van der Waals surface area contributed by atoms with E-state index < -0.39 is 15.9 Å². The number of pyridine rings is 1. The first-order valence-electron chi connectivity index (χ1n) is 8.73. The summed E-state index contributed by atoms with van der Waals surface area (Å²) in [5, 5.41) is 7.45. The summed E-state index contributed by atoms with van der Waals surface area (Å²) in [6.07, 6.45) is 3.22. The molecule has 6 nitrogen and oxygen atoms in total. The van der Waals surface area contributed by atoms with E-state index in [1.54, 1.807) is 12.3 Å². The monoisotopic (exact) mass is 394 g/mol. The molecule has 0 radical (unpaired) electrons. The number of H-pyrrole nitrogens is 1. The molecule has 0 bridgehead atoms. The number of aromatic nitrogens is 1. The lowest BCUT2D eigenvalue weighted by molar-refractivity contribution is 0.560. The van der Waals surface area contributed by atoms with E-state index in [4.69, 9.17) is 5.53 Å². The molecule has 3 rings (SSSR count). The molecule has 7 heteroatoms. The fourth-order valence-electron chi connectivity index (χ4n) is 2.79. The third kappa shape index (κ3) is 4.00. The molecule has 0 saturated heterocycles. The number of benzene rings is 2. The van der Waals surface area contributed by atoms with Crippen LogP contribution < -0.4 is 10.9 Å². The normalized spacial score (nSPS) is 13.4. The van der Waals surface area contributed by atoms with Crippen molar-refractivity contribution in [2.24, 2.45) is 5.11 Å². The quantitative estimate of drug-likeness (QED) is 0.421. The van der Waals surface area contributed by atoms with Crippen molar-refractivity contribution in [2.75, 3.05) is 11.6 Å². The standard InChI is InChI=1S/C21H22N4O2S/c1-21(2,28(3)27)15-8-10-16(11-9-15)23-13-19(25-22)17-12-14-6-4-5-7-18(14)24-20(17)26/h4-13,22-23H,1-3H3,(H,24,26)/b19-13-,25-22?. The van der Waals surface area contributed by atoms with Gasteiger partial charge in [0.05, 0.1) is 11.8 Å². The fourth-order valence-corrected chi connectivity index (χ4v) is 3.26. The molecule has 1 heterocycles. The summed E-state index contributed by atoms with van der Waals surface area (Å²) in [7, 11) is 0. The maximum atomic E-state index is 12.4. The number of aromatic amines is 1. The highest BCUT2D eigenvalue weighted by Gasteiger charge is 2.30. The van der Waals surface area contributed by atoms with Crippen molar-refractivity contribution in [1.29, 1.82) is 5.53 Å². The average molecular weight is 395 g/mol. The molecule has 1 aromatic heterocycles. The van der Waals surface area contributed by atoms with Crippen molar-refractivity contribution in [3.63, 3.8) is 0 Å². The Morgan fingerprint density at radius 1 is 1.21 bits per heavy atom. The second-order valence-electron chi connectivity index (χ2n) is 6.93. The molecule has 0 saturated carbocycles. The Balaban J connectivity index is 1.87. The summed E-state index contributed by atoms with van der Waals surface area (Å²) in [4.78, 5) is 15.2. The van der Waals surface area contributed by atoms with E-state index in [0.717, 1.165) is 22.2 Å². The van der Waals surface area contributed by atoms with Gasteiger partial charge < -0.3 is 14.9 Å². The van der Waals surface area contributed by atoms with E-state index in [1.807, 2.05) is 62.4 Å². The second-order valence-corrected chi connectivity index (χ2v) is 8.86. The maximum absolute atomic E-state index is 12.4. The molecule has 28 heavy (non-hydrogen) atoms. The van der Waals surface area contributed by atoms with Crippen LogP contribution in [0.5, 0.6) is 0 Å². The zero-order chi connectivity index (χ0) is 20.3. The van der Waals surface area contributed by atoms with Crippen LogP contribution in [0.25, 0.3) is 16.6 Å². The van der Waals surface area contributed by atoms with Crippen LogP contribution in [0, 0.1) is 5.53 Å². The van der Waals surface area contributed by atoms with Crippen molar-refractivity contribution in [2.45, 2.75) is 18.6 Å². The smallest absolute Gasteiger partial charge is 0.258 e. The van der Waals surface area contributed by atoms with Crippen LogP contribution in [0.4, 0.5) is 5.69 Å². The van der Waals surface area contributed by atoms with Gasteiger partial charge in [-0.25, -0.2) is 5.53 Å². The van der Waals surface area contributed by atoms with E-state index >= 15 is 0 Å². The second kappa shape index (κ2) is 8.00. The third-order valence-electron chi connectivity index (χ3n) is 4.82. The van der Waals surface area contributed by atoms with Crippen LogP contribution in [-0.4, -0.2) is 15.8 Å². The van der Waals surface area contributed by atoms with Crippen LogP contribution >= 0.6 is 0 Å². The van der Waals surface area contributed by atoms with E-state index in [2.05, 4.69) is 15.4 Å². The molecule has 0 spiro atoms. The molecule has 3 N–H and O–H groups in total. The van der Waals surface area contributed by atoms with Gasteiger partial charge in [-0.2, -0.15) is 5.11 Å². The first-order chi connectivity index (χ1) is 13.3. The highest BCUT2D eigenvalue weighted by Crippen LogP contribution is 2.29. The Morgan fingerprint density at radius 2 is 1.89 bits per heavy atom. The Morgan fingerprint density at radius 3 is 2.54 bits per heavy atom. The Hall–Kier alpha value is -2.90. The van der Waals surface area contributed by atoms with Crippen molar-refractivity contribution in [1.82, 2.24) is 4.98 Å². The number of anilines is 1. The largest absolute Gasteiger partial charge is 0.616 e. The van der Waals surface area contributed by atoms with Crippen molar-refractivity contribution >= 4 is 33.5 Å². The molecule has 0 fully saturated rings. The summed E-state index contributed by atoms with van der Waals surface area (Å²) >= 11 is -0.996. The lowest BCUT2D eigenvalue weighted by atomic mass is 10.0. The Kier molecular flexibility index (Phi) is 5.67. The number of nitrogens with one attached hydrogen (secondary N) is 3. The molecule has 0 aliphatic rings. The first kappa shape index (κ1) is 19.9. The molecular formula is C21H22N4O2S. The van der Waals surface area contributed by atoms with E-state index in [0.29, 0.717) is 5.56 Å². The molecule has 1 atom stereocenters. The van der Waals surface area contributed by atoms with Gasteiger partial charge in [0.15, 0.2) is 0 Å². The predicted molar refractivity (Wildman–Crippen MR) is 115 cm³/mol. The molecule has 0 amide bonds. The lowest BCUT2D eigenvalue weighted by Crippen LogP contribution is -2.27. The number of nitrogens with zero attached hydrogens (tertiary/aromatic N) is 1. The minimum atomic E-state index is -0.996. The Labute approximate surface area is 166 Å². The molecule has 2 aromatic carbocycles. The molecule has 0 aliphatic heterocycles. The van der Waals surface area contributed by atoms with Crippen LogP contribution in [0.3, 0.4) is 0 Å².